The minimum Gasteiger partial charge on any atom is -0.485 e. The Morgan fingerprint density at radius 2 is 2.13 bits per heavy atom. The van der Waals surface area contributed by atoms with Crippen molar-refractivity contribution in [3.05, 3.63) is 35.6 Å². The Morgan fingerprint density at radius 3 is 2.87 bits per heavy atom. The summed E-state index contributed by atoms with van der Waals surface area (Å²) in [4.78, 5) is 20.6. The van der Waals surface area contributed by atoms with Gasteiger partial charge in [-0.2, -0.15) is 5.10 Å². The third-order valence-electron chi connectivity index (χ3n) is 5.45. The van der Waals surface area contributed by atoms with E-state index in [1.54, 1.807) is 23.0 Å². The SMILES string of the molecule is O=C(Nc1cn2cc(-c3c(Cl)c(F)c(OC4CC4)c4[nH]ncc34)ncc2n1)[C@@H]1C[C@@H]1F. The van der Waals surface area contributed by atoms with Gasteiger partial charge in [0.25, 0.3) is 0 Å². The van der Waals surface area contributed by atoms with Crippen LogP contribution in [0.4, 0.5) is 14.6 Å². The lowest BCUT2D eigenvalue weighted by Crippen LogP contribution is -2.15. The van der Waals surface area contributed by atoms with Crippen LogP contribution in [0.1, 0.15) is 19.3 Å². The van der Waals surface area contributed by atoms with Gasteiger partial charge in [0.05, 0.1) is 41.3 Å². The molecule has 8 nitrogen and oxygen atoms in total. The molecule has 0 radical (unpaired) electrons. The van der Waals surface area contributed by atoms with Gasteiger partial charge >= 0.3 is 0 Å². The van der Waals surface area contributed by atoms with Gasteiger partial charge in [0.15, 0.2) is 23.0 Å². The van der Waals surface area contributed by atoms with E-state index in [0.717, 1.165) is 12.8 Å². The summed E-state index contributed by atoms with van der Waals surface area (Å²) < 4.78 is 35.5. The highest BCUT2D eigenvalue weighted by atomic mass is 35.5. The molecular formula is C20H15ClF2N6O2. The zero-order valence-corrected chi connectivity index (χ0v) is 16.7. The molecule has 158 valence electrons. The maximum atomic E-state index is 15.1. The fourth-order valence-corrected chi connectivity index (χ4v) is 3.83. The fourth-order valence-electron chi connectivity index (χ4n) is 3.54. The van der Waals surface area contributed by atoms with Gasteiger partial charge in [-0.15, -0.1) is 0 Å². The van der Waals surface area contributed by atoms with E-state index in [9.17, 15) is 9.18 Å². The number of carbonyl (C=O) groups excluding carboxylic acids is 1. The summed E-state index contributed by atoms with van der Waals surface area (Å²) in [6.45, 7) is 0. The molecule has 2 saturated carbocycles. The van der Waals surface area contributed by atoms with Crippen LogP contribution in [0.3, 0.4) is 0 Å². The molecule has 0 unspecified atom stereocenters. The lowest BCUT2D eigenvalue weighted by atomic mass is 10.1. The molecule has 6 rings (SSSR count). The summed E-state index contributed by atoms with van der Waals surface area (Å²) in [5.41, 5.74) is 1.63. The number of rotatable bonds is 5. The predicted octanol–water partition coefficient (Wildman–Crippen LogP) is 3.90. The number of carbonyl (C=O) groups is 1. The Morgan fingerprint density at radius 1 is 1.32 bits per heavy atom. The van der Waals surface area contributed by atoms with Gasteiger partial charge < -0.3 is 14.5 Å². The number of hydrogen-bond donors (Lipinski definition) is 2. The molecule has 2 aliphatic rings. The lowest BCUT2D eigenvalue weighted by Gasteiger charge is -2.12. The van der Waals surface area contributed by atoms with E-state index in [-0.39, 0.29) is 29.1 Å². The van der Waals surface area contributed by atoms with Crippen molar-refractivity contribution in [3.8, 4) is 17.0 Å². The fraction of sp³-hybridized carbons (Fsp3) is 0.300. The Balaban J connectivity index is 1.41. The monoisotopic (exact) mass is 444 g/mol. The van der Waals surface area contributed by atoms with Gasteiger partial charge in [-0.3, -0.25) is 14.9 Å². The maximum absolute atomic E-state index is 15.1. The number of aromatic amines is 1. The number of nitrogens with zero attached hydrogens (tertiary/aromatic N) is 4. The summed E-state index contributed by atoms with van der Waals surface area (Å²) >= 11 is 6.40. The summed E-state index contributed by atoms with van der Waals surface area (Å²) in [6.07, 6.45) is 7.11. The Hall–Kier alpha value is -3.27. The van der Waals surface area contributed by atoms with Crippen LogP contribution >= 0.6 is 11.6 Å². The number of fused-ring (bicyclic) bond motifs is 2. The Kier molecular flexibility index (Phi) is 3.95. The third kappa shape index (κ3) is 3.09. The first-order chi connectivity index (χ1) is 15.0. The quantitative estimate of drug-likeness (QED) is 0.486. The minimum atomic E-state index is -1.09. The van der Waals surface area contributed by atoms with Crippen LogP contribution in [0.25, 0.3) is 27.8 Å². The number of amides is 1. The second-order valence-corrected chi connectivity index (χ2v) is 8.20. The molecule has 2 N–H and O–H groups in total. The van der Waals surface area contributed by atoms with Crippen LogP contribution in [0.15, 0.2) is 24.8 Å². The van der Waals surface area contributed by atoms with Crippen molar-refractivity contribution in [2.75, 3.05) is 5.32 Å². The molecule has 1 amide bonds. The minimum absolute atomic E-state index is 0.0136. The number of anilines is 1. The normalized spacial score (nSPS) is 20.4. The van der Waals surface area contributed by atoms with Crippen molar-refractivity contribution in [2.45, 2.75) is 31.5 Å². The van der Waals surface area contributed by atoms with Gasteiger partial charge in [0.2, 0.25) is 5.91 Å². The van der Waals surface area contributed by atoms with E-state index in [0.29, 0.717) is 27.8 Å². The van der Waals surface area contributed by atoms with Gasteiger partial charge in [0.1, 0.15) is 11.7 Å². The molecule has 31 heavy (non-hydrogen) atoms. The molecule has 11 heteroatoms. The van der Waals surface area contributed by atoms with Gasteiger partial charge in [0, 0.05) is 17.1 Å². The smallest absolute Gasteiger partial charge is 0.231 e. The number of nitrogens with one attached hydrogen (secondary N) is 2. The molecule has 0 bridgehead atoms. The number of hydrogen-bond acceptors (Lipinski definition) is 5. The van der Waals surface area contributed by atoms with E-state index in [1.807, 2.05) is 0 Å². The first kappa shape index (κ1) is 18.5. The highest BCUT2D eigenvalue weighted by Crippen LogP contribution is 2.43. The summed E-state index contributed by atoms with van der Waals surface area (Å²) in [5.74, 6) is -1.36. The first-order valence-corrected chi connectivity index (χ1v) is 10.2. The van der Waals surface area contributed by atoms with Crippen molar-refractivity contribution < 1.29 is 18.3 Å². The van der Waals surface area contributed by atoms with E-state index in [2.05, 4.69) is 25.5 Å². The molecule has 0 spiro atoms. The number of ether oxygens (including phenoxy) is 1. The zero-order chi connectivity index (χ0) is 21.3. The molecule has 2 atom stereocenters. The largest absolute Gasteiger partial charge is 0.485 e. The Labute approximate surface area is 178 Å². The van der Waals surface area contributed by atoms with E-state index >= 15 is 4.39 Å². The zero-order valence-electron chi connectivity index (χ0n) is 15.9. The molecule has 0 saturated heterocycles. The highest BCUT2D eigenvalue weighted by molar-refractivity contribution is 6.35. The number of H-pyrrole nitrogens is 1. The van der Waals surface area contributed by atoms with Gasteiger partial charge in [-0.25, -0.2) is 13.8 Å². The maximum Gasteiger partial charge on any atom is 0.231 e. The molecule has 1 aromatic carbocycles. The number of aromatic nitrogens is 5. The second kappa shape index (κ2) is 6.61. The summed E-state index contributed by atoms with van der Waals surface area (Å²) in [5, 5.41) is 9.87. The van der Waals surface area contributed by atoms with Crippen LogP contribution in [0.5, 0.6) is 5.75 Å². The summed E-state index contributed by atoms with van der Waals surface area (Å²) in [6, 6.07) is 0. The average Bonchev–Trinajstić information content (AvgIpc) is 3.61. The van der Waals surface area contributed by atoms with E-state index in [4.69, 9.17) is 16.3 Å². The molecule has 2 aliphatic carbocycles. The number of halogens is 3. The molecule has 3 aromatic heterocycles. The number of alkyl halides is 1. The standard InChI is InChI=1S/C20H15ClF2N6O2/c21-16-15(10-4-25-28-18(10)19(17(16)23)31-8-1-2-8)12-6-29-7-13(26-14(29)5-24-12)27-20(30)9-3-11(9)22/h4-9,11H,1-3H2,(H,25,28)(H,27,30)/t9-,11+/m1/s1. The summed E-state index contributed by atoms with van der Waals surface area (Å²) in [7, 11) is 0. The van der Waals surface area contributed by atoms with Crippen LogP contribution in [0, 0.1) is 11.7 Å². The molecule has 4 aromatic rings. The van der Waals surface area contributed by atoms with Crippen molar-refractivity contribution in [3.63, 3.8) is 0 Å². The predicted molar refractivity (Wildman–Crippen MR) is 108 cm³/mol. The number of imidazole rings is 1. The van der Waals surface area contributed by atoms with Crippen LogP contribution in [-0.2, 0) is 4.79 Å². The van der Waals surface area contributed by atoms with Gasteiger partial charge in [-0.1, -0.05) is 11.6 Å². The number of benzene rings is 1. The lowest BCUT2D eigenvalue weighted by molar-refractivity contribution is -0.117. The third-order valence-corrected chi connectivity index (χ3v) is 5.81. The molecule has 0 aliphatic heterocycles. The molecule has 3 heterocycles. The Bertz CT molecular complexity index is 1360. The average molecular weight is 445 g/mol. The molecule has 2 fully saturated rings. The van der Waals surface area contributed by atoms with Crippen LogP contribution in [-0.4, -0.2) is 42.7 Å². The van der Waals surface area contributed by atoms with Crippen molar-refractivity contribution in [1.82, 2.24) is 24.6 Å². The first-order valence-electron chi connectivity index (χ1n) is 9.80. The topological polar surface area (TPSA) is 97.2 Å². The van der Waals surface area contributed by atoms with Crippen molar-refractivity contribution in [1.29, 1.82) is 0 Å². The van der Waals surface area contributed by atoms with E-state index < -0.39 is 23.8 Å². The molecular weight excluding hydrogens is 430 g/mol. The van der Waals surface area contributed by atoms with Crippen LogP contribution < -0.4 is 10.1 Å². The van der Waals surface area contributed by atoms with Crippen molar-refractivity contribution >= 4 is 39.9 Å². The van der Waals surface area contributed by atoms with Crippen LogP contribution in [0.2, 0.25) is 5.02 Å². The second-order valence-electron chi connectivity index (χ2n) is 7.82. The van der Waals surface area contributed by atoms with E-state index in [1.165, 1.54) is 6.20 Å². The van der Waals surface area contributed by atoms with Gasteiger partial charge in [-0.05, 0) is 19.3 Å². The highest BCUT2D eigenvalue weighted by Gasteiger charge is 2.43. The van der Waals surface area contributed by atoms with Crippen molar-refractivity contribution in [2.24, 2.45) is 5.92 Å².